The first-order chi connectivity index (χ1) is 10.3. The molecule has 1 atom stereocenters. The van der Waals surface area contributed by atoms with Crippen molar-refractivity contribution in [2.24, 2.45) is 0 Å². The van der Waals surface area contributed by atoms with E-state index in [2.05, 4.69) is 10.0 Å². The molecule has 7 nitrogen and oxygen atoms in total. The minimum absolute atomic E-state index is 0.0555. The maximum absolute atomic E-state index is 12.3. The summed E-state index contributed by atoms with van der Waals surface area (Å²) in [5.41, 5.74) is 0. The molecule has 3 N–H and O–H groups in total. The molecule has 1 aromatic rings. The van der Waals surface area contributed by atoms with Crippen LogP contribution in [0, 0.1) is 0 Å². The zero-order chi connectivity index (χ0) is 16.8. The van der Waals surface area contributed by atoms with Crippen molar-refractivity contribution >= 4 is 27.5 Å². The normalized spacial score (nSPS) is 12.7. The van der Waals surface area contributed by atoms with Crippen LogP contribution in [0.15, 0.2) is 23.1 Å². The van der Waals surface area contributed by atoms with Crippen molar-refractivity contribution in [3.63, 3.8) is 0 Å². The topological polar surface area (TPSA) is 105 Å². The molecule has 22 heavy (non-hydrogen) atoms. The monoisotopic (exact) mass is 350 g/mol. The van der Waals surface area contributed by atoms with Gasteiger partial charge in [0, 0.05) is 18.2 Å². The minimum atomic E-state index is -3.97. The summed E-state index contributed by atoms with van der Waals surface area (Å²) in [5, 5.41) is 11.4. The molecule has 0 spiro atoms. The SMILES string of the molecule is COc1ccc(Cl)cc1S(=O)(=O)N[C@@H](C)C(=O)NCCCO. The zero-order valence-electron chi connectivity index (χ0n) is 12.3. The van der Waals surface area contributed by atoms with E-state index in [1.807, 2.05) is 0 Å². The lowest BCUT2D eigenvalue weighted by molar-refractivity contribution is -0.122. The minimum Gasteiger partial charge on any atom is -0.495 e. The van der Waals surface area contributed by atoms with Gasteiger partial charge in [-0.2, -0.15) is 4.72 Å². The Morgan fingerprint density at radius 3 is 2.73 bits per heavy atom. The molecule has 1 amide bonds. The number of hydrogen-bond donors (Lipinski definition) is 3. The van der Waals surface area contributed by atoms with Crippen LogP contribution < -0.4 is 14.8 Å². The maximum Gasteiger partial charge on any atom is 0.245 e. The van der Waals surface area contributed by atoms with Crippen LogP contribution in [-0.4, -0.2) is 45.7 Å². The number of aliphatic hydroxyl groups is 1. The molecule has 0 unspecified atom stereocenters. The average Bonchev–Trinajstić information content (AvgIpc) is 2.46. The van der Waals surface area contributed by atoms with Crippen molar-refractivity contribution in [1.29, 1.82) is 0 Å². The quantitative estimate of drug-likeness (QED) is 0.593. The van der Waals surface area contributed by atoms with Crippen LogP contribution in [-0.2, 0) is 14.8 Å². The molecule has 0 aliphatic carbocycles. The van der Waals surface area contributed by atoms with Gasteiger partial charge in [-0.25, -0.2) is 8.42 Å². The Morgan fingerprint density at radius 2 is 2.14 bits per heavy atom. The summed E-state index contributed by atoms with van der Waals surface area (Å²) in [4.78, 5) is 11.6. The standard InChI is InChI=1S/C13H19ClN2O5S/c1-9(13(18)15-6-3-7-17)16-22(19,20)12-8-10(14)4-5-11(12)21-2/h4-5,8-9,16-17H,3,6-7H2,1-2H3,(H,15,18)/t9-/m0/s1. The zero-order valence-corrected chi connectivity index (χ0v) is 13.9. The van der Waals surface area contributed by atoms with E-state index < -0.39 is 22.0 Å². The third kappa shape index (κ3) is 5.13. The van der Waals surface area contributed by atoms with Crippen molar-refractivity contribution in [2.75, 3.05) is 20.3 Å². The summed E-state index contributed by atoms with van der Waals surface area (Å²) in [6.07, 6.45) is 0.396. The number of carbonyl (C=O) groups is 1. The fourth-order valence-corrected chi connectivity index (χ4v) is 3.29. The lowest BCUT2D eigenvalue weighted by atomic mass is 10.3. The molecule has 0 bridgehead atoms. The number of nitrogens with one attached hydrogen (secondary N) is 2. The Bertz CT molecular complexity index is 621. The maximum atomic E-state index is 12.3. The number of benzene rings is 1. The summed E-state index contributed by atoms with van der Waals surface area (Å²) in [5.74, 6) is -0.359. The van der Waals surface area contributed by atoms with Gasteiger partial charge in [0.25, 0.3) is 0 Å². The molecular formula is C13H19ClN2O5S. The van der Waals surface area contributed by atoms with Crippen molar-refractivity contribution in [2.45, 2.75) is 24.3 Å². The van der Waals surface area contributed by atoms with Crippen molar-refractivity contribution in [3.8, 4) is 5.75 Å². The second kappa shape index (κ2) is 8.33. The molecule has 0 saturated heterocycles. The van der Waals surface area contributed by atoms with E-state index in [9.17, 15) is 13.2 Å². The highest BCUT2D eigenvalue weighted by Crippen LogP contribution is 2.26. The molecule has 124 valence electrons. The number of aliphatic hydroxyl groups excluding tert-OH is 1. The predicted octanol–water partition coefficient (Wildman–Crippen LogP) is 0.514. The van der Waals surface area contributed by atoms with Gasteiger partial charge in [0.2, 0.25) is 15.9 Å². The molecule has 1 rings (SSSR count). The summed E-state index contributed by atoms with van der Waals surface area (Å²) >= 11 is 5.81. The van der Waals surface area contributed by atoms with E-state index in [0.717, 1.165) is 0 Å². The van der Waals surface area contributed by atoms with E-state index in [4.69, 9.17) is 21.4 Å². The molecule has 0 aromatic heterocycles. The molecule has 0 aliphatic heterocycles. The van der Waals surface area contributed by atoms with Gasteiger partial charge >= 0.3 is 0 Å². The second-order valence-electron chi connectivity index (χ2n) is 4.51. The van der Waals surface area contributed by atoms with Crippen molar-refractivity contribution in [3.05, 3.63) is 23.2 Å². The van der Waals surface area contributed by atoms with Crippen LogP contribution in [0.4, 0.5) is 0 Å². The molecule has 0 radical (unpaired) electrons. The Hall–Kier alpha value is -1.35. The number of rotatable bonds is 8. The number of ether oxygens (including phenoxy) is 1. The highest BCUT2D eigenvalue weighted by Gasteiger charge is 2.25. The first-order valence-corrected chi connectivity index (χ1v) is 8.42. The number of sulfonamides is 1. The number of amides is 1. The molecular weight excluding hydrogens is 332 g/mol. The number of hydrogen-bond acceptors (Lipinski definition) is 5. The van der Waals surface area contributed by atoms with Crippen molar-refractivity contribution in [1.82, 2.24) is 10.0 Å². The smallest absolute Gasteiger partial charge is 0.245 e. The number of carbonyl (C=O) groups excluding carboxylic acids is 1. The van der Waals surface area contributed by atoms with E-state index in [1.54, 1.807) is 0 Å². The van der Waals surface area contributed by atoms with Crippen molar-refractivity contribution < 1.29 is 23.1 Å². The lowest BCUT2D eigenvalue weighted by Gasteiger charge is -2.16. The summed E-state index contributed by atoms with van der Waals surface area (Å²) < 4.78 is 31.9. The fourth-order valence-electron chi connectivity index (χ4n) is 1.65. The molecule has 9 heteroatoms. The Balaban J connectivity index is 2.87. The van der Waals surface area contributed by atoms with Gasteiger partial charge in [-0.1, -0.05) is 11.6 Å². The summed E-state index contributed by atoms with van der Waals surface area (Å²) in [6.45, 7) is 1.63. The summed E-state index contributed by atoms with van der Waals surface area (Å²) in [6, 6.07) is 3.21. The molecule has 1 aromatic carbocycles. The average molecular weight is 351 g/mol. The molecule has 0 heterocycles. The van der Waals surface area contributed by atoms with Gasteiger partial charge in [-0.15, -0.1) is 0 Å². The highest BCUT2D eigenvalue weighted by atomic mass is 35.5. The van der Waals surface area contributed by atoms with E-state index in [-0.39, 0.29) is 28.8 Å². The van der Waals surface area contributed by atoms with Gasteiger partial charge in [0.05, 0.1) is 13.2 Å². The van der Waals surface area contributed by atoms with Gasteiger partial charge in [0.15, 0.2) is 0 Å². The number of methoxy groups -OCH3 is 1. The Kier molecular flexibility index (Phi) is 7.08. The predicted molar refractivity (Wildman–Crippen MR) is 82.5 cm³/mol. The first-order valence-electron chi connectivity index (χ1n) is 6.56. The first kappa shape index (κ1) is 18.7. The lowest BCUT2D eigenvalue weighted by Crippen LogP contribution is -2.45. The molecule has 0 saturated carbocycles. The van der Waals surface area contributed by atoms with E-state index in [0.29, 0.717) is 6.42 Å². The van der Waals surface area contributed by atoms with E-state index >= 15 is 0 Å². The van der Waals surface area contributed by atoms with E-state index in [1.165, 1.54) is 32.2 Å². The molecule has 0 fully saturated rings. The van der Waals surface area contributed by atoms with Crippen LogP contribution in [0.25, 0.3) is 0 Å². The van der Waals surface area contributed by atoms with Crippen LogP contribution >= 0.6 is 11.6 Å². The Morgan fingerprint density at radius 1 is 1.45 bits per heavy atom. The van der Waals surface area contributed by atoms with Crippen LogP contribution in [0.5, 0.6) is 5.75 Å². The Labute approximate surface area is 134 Å². The third-order valence-corrected chi connectivity index (χ3v) is 4.57. The summed E-state index contributed by atoms with van der Waals surface area (Å²) in [7, 11) is -2.63. The van der Waals surface area contributed by atoms with Gasteiger partial charge in [-0.05, 0) is 31.5 Å². The van der Waals surface area contributed by atoms with Gasteiger partial charge < -0.3 is 15.2 Å². The van der Waals surface area contributed by atoms with Gasteiger partial charge in [-0.3, -0.25) is 4.79 Å². The molecule has 0 aliphatic rings. The fraction of sp³-hybridized carbons (Fsp3) is 0.462. The second-order valence-corrected chi connectivity index (χ2v) is 6.63. The van der Waals surface area contributed by atoms with Crippen LogP contribution in [0.3, 0.4) is 0 Å². The third-order valence-electron chi connectivity index (χ3n) is 2.77. The van der Waals surface area contributed by atoms with Crippen LogP contribution in [0.2, 0.25) is 5.02 Å². The number of halogens is 1. The van der Waals surface area contributed by atoms with Crippen LogP contribution in [0.1, 0.15) is 13.3 Å². The largest absolute Gasteiger partial charge is 0.495 e. The highest BCUT2D eigenvalue weighted by molar-refractivity contribution is 7.89. The van der Waals surface area contributed by atoms with Gasteiger partial charge in [0.1, 0.15) is 10.6 Å².